The lowest BCUT2D eigenvalue weighted by molar-refractivity contribution is 0.0366. The van der Waals surface area contributed by atoms with Gasteiger partial charge in [-0.05, 0) is 24.1 Å². The van der Waals surface area contributed by atoms with Crippen molar-refractivity contribution in [3.05, 3.63) is 23.8 Å². The molecule has 1 aromatic rings. The van der Waals surface area contributed by atoms with Crippen molar-refractivity contribution in [2.45, 2.75) is 12.5 Å². The third-order valence-corrected chi connectivity index (χ3v) is 3.85. The van der Waals surface area contributed by atoms with E-state index in [2.05, 4.69) is 4.90 Å². The van der Waals surface area contributed by atoms with E-state index in [1.165, 1.54) is 0 Å². The molecule has 0 saturated carbocycles. The zero-order chi connectivity index (χ0) is 13.8. The summed E-state index contributed by atoms with van der Waals surface area (Å²) in [7, 11) is 0. The molecule has 0 aliphatic carbocycles. The van der Waals surface area contributed by atoms with Crippen LogP contribution in [0.4, 0.5) is 0 Å². The van der Waals surface area contributed by atoms with Crippen LogP contribution in [0, 0.1) is 0 Å². The fourth-order valence-electron chi connectivity index (χ4n) is 2.60. The van der Waals surface area contributed by atoms with Gasteiger partial charge in [-0.25, -0.2) is 0 Å². The molecule has 1 saturated heterocycles. The van der Waals surface area contributed by atoms with E-state index in [1.54, 1.807) is 0 Å². The highest BCUT2D eigenvalue weighted by Gasteiger charge is 2.16. The average molecular weight is 278 g/mol. The van der Waals surface area contributed by atoms with E-state index in [4.69, 9.17) is 19.9 Å². The smallest absolute Gasteiger partial charge is 0.161 e. The highest BCUT2D eigenvalue weighted by atomic mass is 16.6. The van der Waals surface area contributed by atoms with Crippen molar-refractivity contribution in [3.63, 3.8) is 0 Å². The van der Waals surface area contributed by atoms with Gasteiger partial charge in [0.2, 0.25) is 0 Å². The second kappa shape index (κ2) is 6.43. The van der Waals surface area contributed by atoms with Crippen LogP contribution in [0.3, 0.4) is 0 Å². The Balaban J connectivity index is 1.57. The molecule has 0 bridgehead atoms. The molecule has 2 aliphatic heterocycles. The molecule has 0 radical (unpaired) electrons. The van der Waals surface area contributed by atoms with E-state index >= 15 is 0 Å². The Hall–Kier alpha value is -1.30. The summed E-state index contributed by atoms with van der Waals surface area (Å²) in [6.45, 7) is 5.92. The fraction of sp³-hybridized carbons (Fsp3) is 0.600. The summed E-state index contributed by atoms with van der Waals surface area (Å²) in [5.41, 5.74) is 7.40. The third kappa shape index (κ3) is 3.23. The zero-order valence-electron chi connectivity index (χ0n) is 11.7. The average Bonchev–Trinajstić information content (AvgIpc) is 2.53. The minimum atomic E-state index is 0.0358. The lowest BCUT2D eigenvalue weighted by Crippen LogP contribution is -2.37. The van der Waals surface area contributed by atoms with Crippen molar-refractivity contribution < 1.29 is 14.2 Å². The summed E-state index contributed by atoms with van der Waals surface area (Å²) in [6, 6.07) is 6.04. The largest absolute Gasteiger partial charge is 0.486 e. The molecule has 1 aromatic carbocycles. The number of morpholine rings is 1. The van der Waals surface area contributed by atoms with Crippen LogP contribution in [-0.4, -0.2) is 51.0 Å². The van der Waals surface area contributed by atoms with Crippen molar-refractivity contribution in [2.75, 3.05) is 46.1 Å². The molecule has 0 spiro atoms. The van der Waals surface area contributed by atoms with Crippen LogP contribution in [0.2, 0.25) is 0 Å². The van der Waals surface area contributed by atoms with Crippen molar-refractivity contribution in [3.8, 4) is 11.5 Å². The molecule has 3 rings (SSSR count). The number of ether oxygens (including phenoxy) is 3. The lowest BCUT2D eigenvalue weighted by Gasteiger charge is -2.27. The summed E-state index contributed by atoms with van der Waals surface area (Å²) in [4.78, 5) is 2.40. The SMILES string of the molecule is N[C@@H](CCN1CCOCC1)c1ccc2c(c1)OCCO2. The maximum atomic E-state index is 6.29. The van der Waals surface area contributed by atoms with Crippen LogP contribution in [0.1, 0.15) is 18.0 Å². The summed E-state index contributed by atoms with van der Waals surface area (Å²) in [5.74, 6) is 1.64. The quantitative estimate of drug-likeness (QED) is 0.896. The van der Waals surface area contributed by atoms with Gasteiger partial charge < -0.3 is 19.9 Å². The molecule has 2 heterocycles. The standard InChI is InChI=1S/C15H22N2O3/c16-13(3-4-17-5-7-18-8-6-17)12-1-2-14-15(11-12)20-10-9-19-14/h1-2,11,13H,3-10,16H2/t13-/m0/s1. The van der Waals surface area contributed by atoms with Gasteiger partial charge in [-0.3, -0.25) is 4.90 Å². The van der Waals surface area contributed by atoms with Crippen molar-refractivity contribution >= 4 is 0 Å². The Bertz CT molecular complexity index is 447. The first-order valence-electron chi connectivity index (χ1n) is 7.28. The number of nitrogens with zero attached hydrogens (tertiary/aromatic N) is 1. The molecule has 1 atom stereocenters. The fourth-order valence-corrected chi connectivity index (χ4v) is 2.60. The molecule has 5 nitrogen and oxygen atoms in total. The highest BCUT2D eigenvalue weighted by Crippen LogP contribution is 2.32. The Morgan fingerprint density at radius 3 is 2.60 bits per heavy atom. The molecule has 20 heavy (non-hydrogen) atoms. The van der Waals surface area contributed by atoms with E-state index < -0.39 is 0 Å². The topological polar surface area (TPSA) is 57.0 Å². The van der Waals surface area contributed by atoms with Gasteiger partial charge >= 0.3 is 0 Å². The number of hydrogen-bond acceptors (Lipinski definition) is 5. The molecule has 0 unspecified atom stereocenters. The summed E-state index contributed by atoms with van der Waals surface area (Å²) < 4.78 is 16.5. The van der Waals surface area contributed by atoms with Gasteiger partial charge in [0.1, 0.15) is 13.2 Å². The number of rotatable bonds is 4. The first kappa shape index (κ1) is 13.7. The van der Waals surface area contributed by atoms with Crippen LogP contribution in [-0.2, 0) is 4.74 Å². The molecule has 0 amide bonds. The molecular formula is C15H22N2O3. The van der Waals surface area contributed by atoms with Crippen LogP contribution in [0.15, 0.2) is 18.2 Å². The van der Waals surface area contributed by atoms with Gasteiger partial charge in [0.05, 0.1) is 13.2 Å². The Morgan fingerprint density at radius 1 is 1.05 bits per heavy atom. The van der Waals surface area contributed by atoms with Crippen LogP contribution < -0.4 is 15.2 Å². The Labute approximate surface area is 119 Å². The predicted molar refractivity (Wildman–Crippen MR) is 76.2 cm³/mol. The van der Waals surface area contributed by atoms with E-state index in [0.717, 1.165) is 56.3 Å². The molecule has 2 aliphatic rings. The molecule has 110 valence electrons. The maximum Gasteiger partial charge on any atom is 0.161 e. The van der Waals surface area contributed by atoms with E-state index in [0.29, 0.717) is 13.2 Å². The summed E-state index contributed by atoms with van der Waals surface area (Å²) in [6.07, 6.45) is 0.944. The van der Waals surface area contributed by atoms with Crippen LogP contribution >= 0.6 is 0 Å². The minimum Gasteiger partial charge on any atom is -0.486 e. The molecular weight excluding hydrogens is 256 g/mol. The minimum absolute atomic E-state index is 0.0358. The van der Waals surface area contributed by atoms with Gasteiger partial charge in [0, 0.05) is 25.7 Å². The number of nitrogens with two attached hydrogens (primary N) is 1. The lowest BCUT2D eigenvalue weighted by atomic mass is 10.0. The summed E-state index contributed by atoms with van der Waals surface area (Å²) in [5, 5.41) is 0. The second-order valence-corrected chi connectivity index (χ2v) is 5.25. The molecule has 5 heteroatoms. The normalized spacial score (nSPS) is 20.6. The number of benzene rings is 1. The molecule has 0 aromatic heterocycles. The van der Waals surface area contributed by atoms with Gasteiger partial charge in [-0.15, -0.1) is 0 Å². The van der Waals surface area contributed by atoms with E-state index in [1.807, 2.05) is 18.2 Å². The van der Waals surface area contributed by atoms with Gasteiger partial charge in [0.15, 0.2) is 11.5 Å². The summed E-state index contributed by atoms with van der Waals surface area (Å²) >= 11 is 0. The highest BCUT2D eigenvalue weighted by molar-refractivity contribution is 5.44. The maximum absolute atomic E-state index is 6.29. The first-order valence-corrected chi connectivity index (χ1v) is 7.28. The number of hydrogen-bond donors (Lipinski definition) is 1. The van der Waals surface area contributed by atoms with Gasteiger partial charge in [-0.2, -0.15) is 0 Å². The second-order valence-electron chi connectivity index (χ2n) is 5.25. The zero-order valence-corrected chi connectivity index (χ0v) is 11.7. The van der Waals surface area contributed by atoms with Crippen molar-refractivity contribution in [2.24, 2.45) is 5.73 Å². The predicted octanol–water partition coefficient (Wildman–Crippen LogP) is 1.18. The van der Waals surface area contributed by atoms with Crippen LogP contribution in [0.25, 0.3) is 0 Å². The Morgan fingerprint density at radius 2 is 1.80 bits per heavy atom. The monoisotopic (exact) mass is 278 g/mol. The third-order valence-electron chi connectivity index (χ3n) is 3.85. The molecule has 2 N–H and O–H groups in total. The first-order chi connectivity index (χ1) is 9.83. The van der Waals surface area contributed by atoms with Gasteiger partial charge in [0.25, 0.3) is 0 Å². The van der Waals surface area contributed by atoms with Crippen LogP contribution in [0.5, 0.6) is 11.5 Å². The van der Waals surface area contributed by atoms with Gasteiger partial charge in [-0.1, -0.05) is 6.07 Å². The Kier molecular flexibility index (Phi) is 4.40. The van der Waals surface area contributed by atoms with Crippen molar-refractivity contribution in [1.29, 1.82) is 0 Å². The van der Waals surface area contributed by atoms with E-state index in [-0.39, 0.29) is 6.04 Å². The number of fused-ring (bicyclic) bond motifs is 1. The van der Waals surface area contributed by atoms with E-state index in [9.17, 15) is 0 Å². The van der Waals surface area contributed by atoms with Crippen molar-refractivity contribution in [1.82, 2.24) is 4.90 Å². The molecule has 1 fully saturated rings.